The molecule has 2 unspecified atom stereocenters. The molecule has 0 aromatic heterocycles. The summed E-state index contributed by atoms with van der Waals surface area (Å²) < 4.78 is 69.1. The number of aliphatic hydroxyl groups excluding tert-OH is 1. The zero-order valence-electron chi connectivity index (χ0n) is 74.0. The van der Waals surface area contributed by atoms with E-state index in [1.807, 2.05) is 0 Å². The van der Waals surface area contributed by atoms with Gasteiger partial charge in [-0.1, -0.05) is 452 Å². The van der Waals surface area contributed by atoms with Crippen LogP contribution in [-0.2, 0) is 65.4 Å². The Morgan fingerprint density at radius 3 is 0.607 bits per heavy atom. The van der Waals surface area contributed by atoms with E-state index >= 15 is 0 Å². The molecule has 0 rings (SSSR count). The lowest BCUT2D eigenvalue weighted by atomic mass is 10.0. The molecule has 666 valence electrons. The topological polar surface area (TPSA) is 237 Å². The Kier molecular flexibility index (Phi) is 82.6. The molecule has 0 heterocycles. The highest BCUT2D eigenvalue weighted by Crippen LogP contribution is 2.45. The van der Waals surface area contributed by atoms with Crippen molar-refractivity contribution in [3.05, 3.63) is 0 Å². The van der Waals surface area contributed by atoms with Gasteiger partial charge in [0.1, 0.15) is 19.3 Å². The van der Waals surface area contributed by atoms with Gasteiger partial charge in [-0.05, 0) is 37.5 Å². The van der Waals surface area contributed by atoms with E-state index in [0.29, 0.717) is 25.7 Å². The van der Waals surface area contributed by atoms with Gasteiger partial charge in [0, 0.05) is 25.7 Å². The highest BCUT2D eigenvalue weighted by Gasteiger charge is 2.31. The molecule has 0 aliphatic heterocycles. The van der Waals surface area contributed by atoms with E-state index in [1.165, 1.54) is 321 Å². The molecule has 19 heteroatoms. The first-order chi connectivity index (χ1) is 54.4. The molecule has 0 saturated carbocycles. The highest BCUT2D eigenvalue weighted by atomic mass is 31.2. The fourth-order valence-corrected chi connectivity index (χ4v) is 16.2. The van der Waals surface area contributed by atoms with E-state index in [9.17, 15) is 43.2 Å². The predicted molar refractivity (Wildman–Crippen MR) is 465 cm³/mol. The monoisotopic (exact) mass is 1630 g/mol. The van der Waals surface area contributed by atoms with Crippen LogP contribution in [0.3, 0.4) is 0 Å². The molecule has 0 aromatic rings. The lowest BCUT2D eigenvalue weighted by Gasteiger charge is -2.21. The van der Waals surface area contributed by atoms with E-state index in [-0.39, 0.29) is 25.7 Å². The van der Waals surface area contributed by atoms with E-state index < -0.39 is 97.5 Å². The van der Waals surface area contributed by atoms with Crippen molar-refractivity contribution in [1.82, 2.24) is 0 Å². The maximum Gasteiger partial charge on any atom is 0.472 e. The Morgan fingerprint density at radius 1 is 0.241 bits per heavy atom. The van der Waals surface area contributed by atoms with Gasteiger partial charge in [-0.2, -0.15) is 0 Å². The number of hydrogen-bond donors (Lipinski definition) is 3. The summed E-state index contributed by atoms with van der Waals surface area (Å²) in [6, 6.07) is 0. The minimum Gasteiger partial charge on any atom is -0.462 e. The number of unbranched alkanes of at least 4 members (excludes halogenated alkanes) is 62. The van der Waals surface area contributed by atoms with Gasteiger partial charge >= 0.3 is 39.5 Å². The first kappa shape index (κ1) is 110. The summed E-state index contributed by atoms with van der Waals surface area (Å²) in [5, 5.41) is 10.7. The van der Waals surface area contributed by atoms with E-state index in [0.717, 1.165) is 102 Å². The number of ether oxygens (including phenoxy) is 4. The number of esters is 4. The van der Waals surface area contributed by atoms with Gasteiger partial charge in [0.05, 0.1) is 26.4 Å². The number of aliphatic hydroxyl groups is 1. The van der Waals surface area contributed by atoms with Crippen molar-refractivity contribution in [3.8, 4) is 0 Å². The number of hydrogen-bond acceptors (Lipinski definition) is 15. The van der Waals surface area contributed by atoms with E-state index in [1.54, 1.807) is 0 Å². The average Bonchev–Trinajstić information content (AvgIpc) is 0.899. The Balaban J connectivity index is 5.24. The molecule has 0 bridgehead atoms. The van der Waals surface area contributed by atoms with Crippen molar-refractivity contribution in [2.24, 2.45) is 11.8 Å². The Labute approximate surface area is 689 Å². The van der Waals surface area contributed by atoms with Crippen molar-refractivity contribution in [2.45, 2.75) is 522 Å². The fraction of sp³-hybridized carbons (Fsp3) is 0.957. The van der Waals surface area contributed by atoms with E-state index in [2.05, 4.69) is 41.5 Å². The van der Waals surface area contributed by atoms with Gasteiger partial charge in [0.25, 0.3) is 0 Å². The van der Waals surface area contributed by atoms with Crippen LogP contribution in [0.15, 0.2) is 0 Å². The normalized spacial score (nSPS) is 13.7. The summed E-state index contributed by atoms with van der Waals surface area (Å²) in [4.78, 5) is 73.5. The summed E-state index contributed by atoms with van der Waals surface area (Å²) in [6.45, 7) is 9.77. The molecule has 17 nitrogen and oxygen atoms in total. The van der Waals surface area contributed by atoms with Crippen molar-refractivity contribution in [1.29, 1.82) is 0 Å². The van der Waals surface area contributed by atoms with Crippen LogP contribution in [0, 0.1) is 11.8 Å². The summed E-state index contributed by atoms with van der Waals surface area (Å²) in [7, 11) is -9.94. The first-order valence-corrected chi connectivity index (χ1v) is 51.0. The lowest BCUT2D eigenvalue weighted by molar-refractivity contribution is -0.161. The van der Waals surface area contributed by atoms with Crippen LogP contribution >= 0.6 is 15.6 Å². The SMILES string of the molecule is CCCCCCCCCCCCCCCCCCCCCCCCC(=O)O[C@H](COC(=O)CCCCCCCCCCCCCCCCCCCCC(C)C)COP(=O)(O)OC[C@@H](O)COP(=O)(O)OC[C@@H](COC(=O)CCCCCCCCCCCCCC)OC(=O)CCCCCCCCCCCCCCCCC(C)C. The molecule has 0 spiro atoms. The van der Waals surface area contributed by atoms with Crippen molar-refractivity contribution >= 4 is 39.5 Å². The summed E-state index contributed by atoms with van der Waals surface area (Å²) in [6.07, 6.45) is 79.3. The van der Waals surface area contributed by atoms with Gasteiger partial charge in [-0.15, -0.1) is 0 Å². The maximum atomic E-state index is 13.2. The number of phosphoric acid groups is 2. The number of phosphoric ester groups is 2. The Hall–Kier alpha value is -1.94. The third kappa shape index (κ3) is 85.9. The lowest BCUT2D eigenvalue weighted by Crippen LogP contribution is -2.30. The van der Waals surface area contributed by atoms with Crippen LogP contribution in [-0.4, -0.2) is 96.7 Å². The summed E-state index contributed by atoms with van der Waals surface area (Å²) in [5.74, 6) is -0.474. The number of carbonyl (C=O) groups excluding carboxylic acids is 4. The molecule has 112 heavy (non-hydrogen) atoms. The summed E-state index contributed by atoms with van der Waals surface area (Å²) >= 11 is 0. The van der Waals surface area contributed by atoms with Crippen molar-refractivity contribution < 1.29 is 80.2 Å². The van der Waals surface area contributed by atoms with Gasteiger partial charge in [-0.3, -0.25) is 37.3 Å². The molecule has 0 aromatic carbocycles. The predicted octanol–water partition coefficient (Wildman–Crippen LogP) is 29.0. The zero-order chi connectivity index (χ0) is 82.0. The molecule has 0 fully saturated rings. The van der Waals surface area contributed by atoms with Crippen LogP contribution in [0.2, 0.25) is 0 Å². The first-order valence-electron chi connectivity index (χ1n) is 48.0. The van der Waals surface area contributed by atoms with Gasteiger partial charge < -0.3 is 33.8 Å². The second-order valence-electron chi connectivity index (χ2n) is 34.4. The highest BCUT2D eigenvalue weighted by molar-refractivity contribution is 7.47. The standard InChI is InChI=1S/C93H182O17P2/c1-7-9-11-13-15-17-19-21-22-23-24-25-26-27-32-35-41-47-53-59-65-71-77-92(97)110-89(82-104-91(96)76-70-64-58-52-46-40-34-31-29-28-30-33-38-43-49-55-61-67-73-85(3)4)84-108-112(101,102)106-80-87(94)79-105-111(99,100)107-83-88(81-103-90(95)75-69-63-57-51-45-20-18-16-14-12-10-8-2)109-93(98)78-72-66-60-54-48-42-37-36-39-44-50-56-62-68-74-86(5)6/h85-89,94H,7-84H2,1-6H3,(H,99,100)(H,101,102)/t87-,88+,89+/m0/s1. The molecule has 5 atom stereocenters. The molecule has 0 aliphatic rings. The van der Waals surface area contributed by atoms with Gasteiger partial charge in [0.2, 0.25) is 0 Å². The molecule has 0 radical (unpaired) electrons. The largest absolute Gasteiger partial charge is 0.472 e. The maximum absolute atomic E-state index is 13.2. The van der Waals surface area contributed by atoms with Crippen molar-refractivity contribution in [2.75, 3.05) is 39.6 Å². The molecule has 0 saturated heterocycles. The second-order valence-corrected chi connectivity index (χ2v) is 37.3. The van der Waals surface area contributed by atoms with Crippen LogP contribution in [0.4, 0.5) is 0 Å². The fourth-order valence-electron chi connectivity index (χ4n) is 14.7. The van der Waals surface area contributed by atoms with Crippen molar-refractivity contribution in [3.63, 3.8) is 0 Å². The van der Waals surface area contributed by atoms with Crippen LogP contribution in [0.25, 0.3) is 0 Å². The van der Waals surface area contributed by atoms with Crippen LogP contribution < -0.4 is 0 Å². The zero-order valence-corrected chi connectivity index (χ0v) is 75.8. The van der Waals surface area contributed by atoms with Crippen LogP contribution in [0.5, 0.6) is 0 Å². The number of carbonyl (C=O) groups is 4. The molecule has 0 amide bonds. The molecular weight excluding hydrogens is 1450 g/mol. The molecule has 0 aliphatic carbocycles. The average molecular weight is 1630 g/mol. The Morgan fingerprint density at radius 2 is 0.411 bits per heavy atom. The molecule has 3 N–H and O–H groups in total. The molecular formula is C93H182O17P2. The minimum atomic E-state index is -4.97. The van der Waals surface area contributed by atoms with E-state index in [4.69, 9.17) is 37.0 Å². The third-order valence-electron chi connectivity index (χ3n) is 22.0. The van der Waals surface area contributed by atoms with Gasteiger partial charge in [-0.25, -0.2) is 9.13 Å². The smallest absolute Gasteiger partial charge is 0.462 e. The van der Waals surface area contributed by atoms with Crippen LogP contribution in [0.1, 0.15) is 504 Å². The second kappa shape index (κ2) is 84.1. The summed E-state index contributed by atoms with van der Waals surface area (Å²) in [5.41, 5.74) is 0. The number of rotatable bonds is 92. The Bertz CT molecular complexity index is 2130. The minimum absolute atomic E-state index is 0.108. The van der Waals surface area contributed by atoms with Gasteiger partial charge in [0.15, 0.2) is 12.2 Å². The third-order valence-corrected chi connectivity index (χ3v) is 23.9. The quantitative estimate of drug-likeness (QED) is 0.0222.